The monoisotopic (exact) mass is 314 g/mol. The molecule has 1 aromatic heterocycles. The SMILES string of the molecule is CCCCCCCCCC(NN)c1c(Cl)cnn1C(C)C. The van der Waals surface area contributed by atoms with Gasteiger partial charge in [-0.3, -0.25) is 16.0 Å². The predicted molar refractivity (Wildman–Crippen MR) is 90.3 cm³/mol. The summed E-state index contributed by atoms with van der Waals surface area (Å²) in [6.07, 6.45) is 11.8. The first-order valence-corrected chi connectivity index (χ1v) is 8.68. The molecule has 0 spiro atoms. The third-order valence-electron chi connectivity index (χ3n) is 3.90. The first-order chi connectivity index (χ1) is 10.1. The van der Waals surface area contributed by atoms with Gasteiger partial charge < -0.3 is 0 Å². The maximum Gasteiger partial charge on any atom is 0.0834 e. The normalized spacial score (nSPS) is 13.0. The standard InChI is InChI=1S/C16H31ClN4/c1-4-5-6-7-8-9-10-11-15(20-18)16-14(17)12-19-21(16)13(2)3/h12-13,15,20H,4-11,18H2,1-3H3. The molecule has 1 atom stereocenters. The summed E-state index contributed by atoms with van der Waals surface area (Å²) in [4.78, 5) is 0. The Bertz CT molecular complexity index is 390. The van der Waals surface area contributed by atoms with Crippen LogP contribution in [0, 0.1) is 0 Å². The van der Waals surface area contributed by atoms with Gasteiger partial charge in [-0.15, -0.1) is 0 Å². The van der Waals surface area contributed by atoms with Crippen LogP contribution >= 0.6 is 11.6 Å². The van der Waals surface area contributed by atoms with Gasteiger partial charge in [-0.05, 0) is 20.3 Å². The number of hydrogen-bond donors (Lipinski definition) is 2. The summed E-state index contributed by atoms with van der Waals surface area (Å²) in [6.45, 7) is 6.46. The van der Waals surface area contributed by atoms with Gasteiger partial charge in [0.2, 0.25) is 0 Å². The van der Waals surface area contributed by atoms with Crippen LogP contribution in [0.1, 0.15) is 89.9 Å². The lowest BCUT2D eigenvalue weighted by Crippen LogP contribution is -2.30. The van der Waals surface area contributed by atoms with Gasteiger partial charge in [0.25, 0.3) is 0 Å². The van der Waals surface area contributed by atoms with Crippen LogP contribution in [0.15, 0.2) is 6.20 Å². The summed E-state index contributed by atoms with van der Waals surface area (Å²) in [5, 5.41) is 5.05. The Morgan fingerprint density at radius 2 is 1.81 bits per heavy atom. The van der Waals surface area contributed by atoms with Crippen molar-refractivity contribution in [3.8, 4) is 0 Å². The molecule has 0 aliphatic rings. The van der Waals surface area contributed by atoms with Gasteiger partial charge in [0, 0.05) is 6.04 Å². The van der Waals surface area contributed by atoms with E-state index in [1.165, 1.54) is 44.9 Å². The van der Waals surface area contributed by atoms with E-state index < -0.39 is 0 Å². The van der Waals surface area contributed by atoms with Crippen molar-refractivity contribution >= 4 is 11.6 Å². The van der Waals surface area contributed by atoms with Crippen molar-refractivity contribution < 1.29 is 0 Å². The second-order valence-electron chi connectivity index (χ2n) is 6.05. The highest BCUT2D eigenvalue weighted by atomic mass is 35.5. The molecule has 5 heteroatoms. The zero-order valence-electron chi connectivity index (χ0n) is 13.7. The number of rotatable bonds is 11. The Morgan fingerprint density at radius 3 is 2.38 bits per heavy atom. The van der Waals surface area contributed by atoms with Gasteiger partial charge in [-0.2, -0.15) is 5.10 Å². The average molecular weight is 315 g/mol. The van der Waals surface area contributed by atoms with Gasteiger partial charge in [0.15, 0.2) is 0 Å². The molecule has 0 amide bonds. The highest BCUT2D eigenvalue weighted by molar-refractivity contribution is 6.31. The minimum Gasteiger partial charge on any atom is -0.271 e. The summed E-state index contributed by atoms with van der Waals surface area (Å²) in [5.74, 6) is 5.73. The lowest BCUT2D eigenvalue weighted by atomic mass is 10.0. The maximum atomic E-state index is 6.28. The van der Waals surface area contributed by atoms with E-state index in [0.717, 1.165) is 12.1 Å². The van der Waals surface area contributed by atoms with E-state index >= 15 is 0 Å². The van der Waals surface area contributed by atoms with Crippen LogP contribution in [0.3, 0.4) is 0 Å². The van der Waals surface area contributed by atoms with Crippen molar-refractivity contribution in [2.75, 3.05) is 0 Å². The van der Waals surface area contributed by atoms with E-state index in [4.69, 9.17) is 17.4 Å². The van der Waals surface area contributed by atoms with Crippen molar-refractivity contribution in [1.82, 2.24) is 15.2 Å². The van der Waals surface area contributed by atoms with Gasteiger partial charge in [-0.1, -0.05) is 63.5 Å². The number of hydrazine groups is 1. The first kappa shape index (κ1) is 18.5. The molecule has 0 bridgehead atoms. The molecule has 1 aromatic rings. The van der Waals surface area contributed by atoms with Crippen LogP contribution < -0.4 is 11.3 Å². The van der Waals surface area contributed by atoms with Crippen LogP contribution in [0.5, 0.6) is 0 Å². The third kappa shape index (κ3) is 5.97. The predicted octanol–water partition coefficient (Wildman–Crippen LogP) is 4.76. The molecular formula is C16H31ClN4. The molecule has 0 radical (unpaired) electrons. The molecule has 0 saturated carbocycles. The van der Waals surface area contributed by atoms with Crippen molar-refractivity contribution in [1.29, 1.82) is 0 Å². The number of nitrogens with zero attached hydrogens (tertiary/aromatic N) is 2. The number of halogens is 1. The number of hydrogen-bond acceptors (Lipinski definition) is 3. The third-order valence-corrected chi connectivity index (χ3v) is 4.19. The van der Waals surface area contributed by atoms with E-state index in [1.807, 2.05) is 4.68 Å². The van der Waals surface area contributed by atoms with E-state index in [1.54, 1.807) is 6.20 Å². The Kier molecular flexibility index (Phi) is 8.97. The Morgan fingerprint density at radius 1 is 1.19 bits per heavy atom. The summed E-state index contributed by atoms with van der Waals surface area (Å²) >= 11 is 6.28. The second-order valence-corrected chi connectivity index (χ2v) is 6.45. The van der Waals surface area contributed by atoms with Crippen LogP contribution in [0.2, 0.25) is 5.02 Å². The molecule has 0 aliphatic carbocycles. The van der Waals surface area contributed by atoms with E-state index in [9.17, 15) is 0 Å². The molecule has 4 nitrogen and oxygen atoms in total. The minimum absolute atomic E-state index is 0.0815. The fourth-order valence-corrected chi connectivity index (χ4v) is 2.95. The lowest BCUT2D eigenvalue weighted by molar-refractivity contribution is 0.418. The van der Waals surface area contributed by atoms with E-state index in [2.05, 4.69) is 31.3 Å². The Labute approximate surface area is 134 Å². The van der Waals surface area contributed by atoms with Crippen LogP contribution in [-0.4, -0.2) is 9.78 Å². The molecule has 0 aromatic carbocycles. The Balaban J connectivity index is 2.43. The fourth-order valence-electron chi connectivity index (χ4n) is 2.69. The molecule has 1 heterocycles. The van der Waals surface area contributed by atoms with Gasteiger partial charge in [0.05, 0.1) is 23.0 Å². The highest BCUT2D eigenvalue weighted by Gasteiger charge is 2.20. The van der Waals surface area contributed by atoms with Crippen LogP contribution in [-0.2, 0) is 0 Å². The first-order valence-electron chi connectivity index (χ1n) is 8.30. The maximum absolute atomic E-state index is 6.28. The molecule has 21 heavy (non-hydrogen) atoms. The second kappa shape index (κ2) is 10.2. The number of unbranched alkanes of at least 4 members (excludes halogenated alkanes) is 6. The molecule has 0 fully saturated rings. The summed E-state index contributed by atoms with van der Waals surface area (Å²) in [5.41, 5.74) is 3.92. The summed E-state index contributed by atoms with van der Waals surface area (Å²) in [7, 11) is 0. The van der Waals surface area contributed by atoms with Crippen LogP contribution in [0.4, 0.5) is 0 Å². The zero-order valence-corrected chi connectivity index (χ0v) is 14.5. The average Bonchev–Trinajstić information content (AvgIpc) is 2.84. The molecule has 1 unspecified atom stereocenters. The zero-order chi connectivity index (χ0) is 15.7. The van der Waals surface area contributed by atoms with Gasteiger partial charge in [-0.25, -0.2) is 0 Å². The lowest BCUT2D eigenvalue weighted by Gasteiger charge is -2.20. The fraction of sp³-hybridized carbons (Fsp3) is 0.812. The van der Waals surface area contributed by atoms with Crippen molar-refractivity contribution in [3.63, 3.8) is 0 Å². The molecule has 0 saturated heterocycles. The Hall–Kier alpha value is -0.580. The quantitative estimate of drug-likeness (QED) is 0.351. The van der Waals surface area contributed by atoms with Gasteiger partial charge >= 0.3 is 0 Å². The van der Waals surface area contributed by atoms with Gasteiger partial charge in [0.1, 0.15) is 0 Å². The topological polar surface area (TPSA) is 55.9 Å². The molecule has 122 valence electrons. The van der Waals surface area contributed by atoms with Crippen molar-refractivity contribution in [2.45, 2.75) is 84.2 Å². The molecule has 0 aliphatic heterocycles. The molecular weight excluding hydrogens is 284 g/mol. The summed E-state index contributed by atoms with van der Waals surface area (Å²) < 4.78 is 1.97. The minimum atomic E-state index is 0.0815. The highest BCUT2D eigenvalue weighted by Crippen LogP contribution is 2.28. The smallest absolute Gasteiger partial charge is 0.0834 e. The van der Waals surface area contributed by atoms with Crippen molar-refractivity contribution in [2.24, 2.45) is 5.84 Å². The number of nitrogens with two attached hydrogens (primary N) is 1. The molecule has 1 rings (SSSR count). The van der Waals surface area contributed by atoms with Crippen LogP contribution in [0.25, 0.3) is 0 Å². The molecule has 3 N–H and O–H groups in total. The van der Waals surface area contributed by atoms with E-state index in [-0.39, 0.29) is 12.1 Å². The summed E-state index contributed by atoms with van der Waals surface area (Å²) in [6, 6.07) is 0.371. The largest absolute Gasteiger partial charge is 0.271 e. The van der Waals surface area contributed by atoms with E-state index in [0.29, 0.717) is 5.02 Å². The number of aromatic nitrogens is 2. The van der Waals surface area contributed by atoms with Crippen molar-refractivity contribution in [3.05, 3.63) is 16.9 Å². The number of nitrogens with one attached hydrogen (secondary N) is 1.